The summed E-state index contributed by atoms with van der Waals surface area (Å²) in [6.45, 7) is 5.51. The molecule has 1 saturated carbocycles. The molecule has 0 unspecified atom stereocenters. The molecule has 0 radical (unpaired) electrons. The lowest BCUT2D eigenvalue weighted by molar-refractivity contribution is -0.115. The molecular weight excluding hydrogens is 318 g/mol. The minimum atomic E-state index is -0.00799. The van der Waals surface area contributed by atoms with E-state index in [9.17, 15) is 4.79 Å². The van der Waals surface area contributed by atoms with Crippen molar-refractivity contribution in [2.75, 3.05) is 31.5 Å². The maximum absolute atomic E-state index is 11.8. The van der Waals surface area contributed by atoms with Gasteiger partial charge in [0.2, 0.25) is 5.91 Å². The highest BCUT2D eigenvalue weighted by atomic mass is 79.9. The summed E-state index contributed by atoms with van der Waals surface area (Å²) in [6.07, 6.45) is 2.66. The lowest BCUT2D eigenvalue weighted by Gasteiger charge is -2.19. The number of para-hydroxylation sites is 1. The topological polar surface area (TPSA) is 44.4 Å². The first kappa shape index (κ1) is 15.5. The maximum atomic E-state index is 11.8. The van der Waals surface area contributed by atoms with Crippen LogP contribution in [0.5, 0.6) is 0 Å². The number of nitrogens with one attached hydrogen (secondary N) is 2. The molecule has 1 aromatic rings. The van der Waals surface area contributed by atoms with Crippen molar-refractivity contribution in [2.24, 2.45) is 0 Å². The Morgan fingerprint density at radius 2 is 2.15 bits per heavy atom. The molecule has 20 heavy (non-hydrogen) atoms. The van der Waals surface area contributed by atoms with Gasteiger partial charge in [0, 0.05) is 23.6 Å². The first-order valence-corrected chi connectivity index (χ1v) is 7.99. The normalized spacial score (nSPS) is 14.6. The average molecular weight is 340 g/mol. The number of likely N-dealkylation sites (N-methyl/N-ethyl adjacent to an activating group) is 1. The van der Waals surface area contributed by atoms with Gasteiger partial charge in [0.1, 0.15) is 0 Å². The summed E-state index contributed by atoms with van der Waals surface area (Å²) in [4.78, 5) is 14.3. The van der Waals surface area contributed by atoms with E-state index >= 15 is 0 Å². The van der Waals surface area contributed by atoms with Gasteiger partial charge in [0.15, 0.2) is 0 Å². The van der Waals surface area contributed by atoms with Gasteiger partial charge in [-0.1, -0.05) is 19.1 Å². The van der Waals surface area contributed by atoms with Gasteiger partial charge in [-0.25, -0.2) is 0 Å². The molecule has 5 heteroatoms. The largest absolute Gasteiger partial charge is 0.324 e. The van der Waals surface area contributed by atoms with Crippen molar-refractivity contribution >= 4 is 27.5 Å². The highest BCUT2D eigenvalue weighted by Crippen LogP contribution is 2.25. The Balaban J connectivity index is 1.64. The van der Waals surface area contributed by atoms with Crippen molar-refractivity contribution in [3.8, 4) is 0 Å². The average Bonchev–Trinajstić information content (AvgIpc) is 3.26. The summed E-state index contributed by atoms with van der Waals surface area (Å²) >= 11 is 3.42. The number of halogens is 1. The van der Waals surface area contributed by atoms with Gasteiger partial charge in [-0.2, -0.15) is 0 Å². The van der Waals surface area contributed by atoms with Crippen LogP contribution in [0.15, 0.2) is 28.7 Å². The van der Waals surface area contributed by atoms with Crippen molar-refractivity contribution in [3.63, 3.8) is 0 Å². The number of nitrogens with zero attached hydrogens (tertiary/aromatic N) is 1. The SMILES string of the molecule is CCN(CCNCC(=O)Nc1ccccc1Br)C1CC1. The maximum Gasteiger partial charge on any atom is 0.238 e. The van der Waals surface area contributed by atoms with Crippen molar-refractivity contribution in [2.45, 2.75) is 25.8 Å². The van der Waals surface area contributed by atoms with Crippen LogP contribution in [0.2, 0.25) is 0 Å². The van der Waals surface area contributed by atoms with Crippen LogP contribution < -0.4 is 10.6 Å². The van der Waals surface area contributed by atoms with E-state index in [0.29, 0.717) is 6.54 Å². The van der Waals surface area contributed by atoms with E-state index in [2.05, 4.69) is 38.4 Å². The smallest absolute Gasteiger partial charge is 0.238 e. The monoisotopic (exact) mass is 339 g/mol. The van der Waals surface area contributed by atoms with Gasteiger partial charge in [-0.3, -0.25) is 9.69 Å². The zero-order valence-electron chi connectivity index (χ0n) is 11.9. The molecule has 110 valence electrons. The Bertz CT molecular complexity index is 448. The lowest BCUT2D eigenvalue weighted by atomic mass is 10.3. The summed E-state index contributed by atoms with van der Waals surface area (Å²) in [6, 6.07) is 8.42. The van der Waals surface area contributed by atoms with E-state index in [4.69, 9.17) is 0 Å². The van der Waals surface area contributed by atoms with Gasteiger partial charge >= 0.3 is 0 Å². The van der Waals surface area contributed by atoms with E-state index in [1.54, 1.807) is 0 Å². The summed E-state index contributed by atoms with van der Waals surface area (Å²) in [5, 5.41) is 6.09. The van der Waals surface area contributed by atoms with Crippen LogP contribution in [-0.4, -0.2) is 43.0 Å². The summed E-state index contributed by atoms with van der Waals surface area (Å²) in [7, 11) is 0. The molecule has 0 bridgehead atoms. The van der Waals surface area contributed by atoms with E-state index in [-0.39, 0.29) is 5.91 Å². The number of hydrogen-bond donors (Lipinski definition) is 2. The Morgan fingerprint density at radius 1 is 1.40 bits per heavy atom. The second-order valence-corrected chi connectivity index (χ2v) is 5.92. The van der Waals surface area contributed by atoms with Gasteiger partial charge in [0.25, 0.3) is 0 Å². The standard InChI is InChI=1S/C15H22BrN3O/c1-2-19(12-7-8-12)10-9-17-11-15(20)18-14-6-4-3-5-13(14)16/h3-6,12,17H,2,7-11H2,1H3,(H,18,20). The quantitative estimate of drug-likeness (QED) is 0.715. The third-order valence-electron chi connectivity index (χ3n) is 3.48. The number of hydrogen-bond acceptors (Lipinski definition) is 3. The predicted octanol–water partition coefficient (Wildman–Crippen LogP) is 2.46. The highest BCUT2D eigenvalue weighted by molar-refractivity contribution is 9.10. The predicted molar refractivity (Wildman–Crippen MR) is 85.9 cm³/mol. The second kappa shape index (κ2) is 7.76. The summed E-state index contributed by atoms with van der Waals surface area (Å²) < 4.78 is 0.902. The minimum absolute atomic E-state index is 0.00799. The molecular formula is C15H22BrN3O. The molecule has 1 aliphatic rings. The molecule has 1 fully saturated rings. The Labute approximate surface area is 129 Å². The molecule has 0 atom stereocenters. The third kappa shape index (κ3) is 4.89. The molecule has 4 nitrogen and oxygen atoms in total. The van der Waals surface area contributed by atoms with Crippen LogP contribution in [0.3, 0.4) is 0 Å². The fraction of sp³-hybridized carbons (Fsp3) is 0.533. The fourth-order valence-electron chi connectivity index (χ4n) is 2.22. The van der Waals surface area contributed by atoms with Gasteiger partial charge in [-0.05, 0) is 47.4 Å². The van der Waals surface area contributed by atoms with E-state index in [1.807, 2.05) is 24.3 Å². The van der Waals surface area contributed by atoms with Crippen molar-refractivity contribution < 1.29 is 4.79 Å². The van der Waals surface area contributed by atoms with E-state index in [1.165, 1.54) is 12.8 Å². The third-order valence-corrected chi connectivity index (χ3v) is 4.17. The minimum Gasteiger partial charge on any atom is -0.324 e. The molecule has 0 spiro atoms. The van der Waals surface area contributed by atoms with E-state index in [0.717, 1.165) is 35.8 Å². The number of rotatable bonds is 8. The number of benzene rings is 1. The molecule has 0 saturated heterocycles. The number of carbonyl (C=O) groups is 1. The summed E-state index contributed by atoms with van der Waals surface area (Å²) in [5.74, 6) is -0.00799. The Hall–Kier alpha value is -0.910. The number of amides is 1. The molecule has 2 N–H and O–H groups in total. The zero-order valence-corrected chi connectivity index (χ0v) is 13.4. The zero-order chi connectivity index (χ0) is 14.4. The molecule has 1 amide bonds. The first-order valence-electron chi connectivity index (χ1n) is 7.20. The molecule has 1 aromatic carbocycles. The lowest BCUT2D eigenvalue weighted by Crippen LogP contribution is -2.36. The number of anilines is 1. The summed E-state index contributed by atoms with van der Waals surface area (Å²) in [5.41, 5.74) is 0.812. The number of carbonyl (C=O) groups excluding carboxylic acids is 1. The van der Waals surface area contributed by atoms with Gasteiger partial charge < -0.3 is 10.6 Å². The fourth-order valence-corrected chi connectivity index (χ4v) is 2.60. The molecule has 0 aliphatic heterocycles. The first-order chi connectivity index (χ1) is 9.70. The van der Waals surface area contributed by atoms with Crippen LogP contribution >= 0.6 is 15.9 Å². The molecule has 1 aliphatic carbocycles. The van der Waals surface area contributed by atoms with Crippen molar-refractivity contribution in [1.82, 2.24) is 10.2 Å². The molecule has 0 aromatic heterocycles. The second-order valence-electron chi connectivity index (χ2n) is 5.06. The molecule has 0 heterocycles. The van der Waals surface area contributed by atoms with Gasteiger partial charge in [0.05, 0.1) is 12.2 Å². The Morgan fingerprint density at radius 3 is 2.80 bits per heavy atom. The van der Waals surface area contributed by atoms with E-state index < -0.39 is 0 Å². The van der Waals surface area contributed by atoms with Crippen LogP contribution in [0.25, 0.3) is 0 Å². The highest BCUT2D eigenvalue weighted by Gasteiger charge is 2.26. The van der Waals surface area contributed by atoms with Crippen molar-refractivity contribution in [1.29, 1.82) is 0 Å². The van der Waals surface area contributed by atoms with Crippen LogP contribution in [-0.2, 0) is 4.79 Å². The molecule has 2 rings (SSSR count). The van der Waals surface area contributed by atoms with Crippen LogP contribution in [0.1, 0.15) is 19.8 Å². The van der Waals surface area contributed by atoms with Crippen LogP contribution in [0.4, 0.5) is 5.69 Å². The van der Waals surface area contributed by atoms with Crippen molar-refractivity contribution in [3.05, 3.63) is 28.7 Å². The Kier molecular flexibility index (Phi) is 6.01. The van der Waals surface area contributed by atoms with Crippen LogP contribution in [0, 0.1) is 0 Å². The van der Waals surface area contributed by atoms with Gasteiger partial charge in [-0.15, -0.1) is 0 Å².